The van der Waals surface area contributed by atoms with E-state index in [1.54, 1.807) is 11.3 Å². The number of thiophene rings is 1. The normalized spacial score (nSPS) is 9.62. The molecule has 1 aromatic rings. The van der Waals surface area contributed by atoms with E-state index in [1.807, 2.05) is 0 Å². The molecule has 1 heterocycles. The molecule has 0 aromatic carbocycles. The lowest BCUT2D eigenvalue weighted by Crippen LogP contribution is -2.09. The number of hydrogen-bond donors (Lipinski definition) is 0. The lowest BCUT2D eigenvalue weighted by Gasteiger charge is -1.82. The van der Waals surface area contributed by atoms with Gasteiger partial charge in [0.05, 0.1) is 0 Å². The molecule has 1 rings (SSSR count). The largest absolute Gasteiger partial charge is 0.154 e. The SMILES string of the molecule is ClC[Si]c1cccs1. The summed E-state index contributed by atoms with van der Waals surface area (Å²) in [6.07, 6.45) is 0. The van der Waals surface area contributed by atoms with Gasteiger partial charge >= 0.3 is 0 Å². The zero-order chi connectivity index (χ0) is 5.82. The van der Waals surface area contributed by atoms with Crippen LogP contribution in [0.15, 0.2) is 17.5 Å². The quantitative estimate of drug-likeness (QED) is 0.452. The van der Waals surface area contributed by atoms with Crippen molar-refractivity contribution in [1.29, 1.82) is 0 Å². The first-order chi connectivity index (χ1) is 3.93. The van der Waals surface area contributed by atoms with Crippen LogP contribution in [0.3, 0.4) is 0 Å². The molecular weight excluding hydrogens is 156 g/mol. The maximum Gasteiger partial charge on any atom is 0.113 e. The van der Waals surface area contributed by atoms with Gasteiger partial charge in [-0.3, -0.25) is 0 Å². The third-order valence-corrected chi connectivity index (χ3v) is 3.28. The Labute approximate surface area is 60.3 Å². The number of hydrogen-bond acceptors (Lipinski definition) is 1. The highest BCUT2D eigenvalue weighted by Crippen LogP contribution is 1.91. The van der Waals surface area contributed by atoms with Gasteiger partial charge in [-0.1, -0.05) is 12.1 Å². The second-order valence-corrected chi connectivity index (χ2v) is 4.56. The summed E-state index contributed by atoms with van der Waals surface area (Å²) in [4.78, 5) is 0. The van der Waals surface area contributed by atoms with E-state index in [9.17, 15) is 0 Å². The summed E-state index contributed by atoms with van der Waals surface area (Å²) in [6, 6.07) is 4.17. The summed E-state index contributed by atoms with van der Waals surface area (Å²) in [5.41, 5.74) is 0.764. The Kier molecular flexibility index (Phi) is 2.59. The maximum absolute atomic E-state index is 5.51. The first-order valence-corrected chi connectivity index (χ1v) is 4.89. The van der Waals surface area contributed by atoms with Gasteiger partial charge in [0.15, 0.2) is 0 Å². The van der Waals surface area contributed by atoms with E-state index >= 15 is 0 Å². The molecule has 42 valence electrons. The van der Waals surface area contributed by atoms with E-state index in [4.69, 9.17) is 11.6 Å². The summed E-state index contributed by atoms with van der Waals surface area (Å²) in [6.45, 7) is 0. The van der Waals surface area contributed by atoms with Crippen LogP contribution in [-0.4, -0.2) is 15.0 Å². The van der Waals surface area contributed by atoms with Crippen molar-refractivity contribution >= 4 is 37.0 Å². The van der Waals surface area contributed by atoms with E-state index in [0.717, 1.165) is 15.0 Å². The lowest BCUT2D eigenvalue weighted by atomic mass is 10.7. The summed E-state index contributed by atoms with van der Waals surface area (Å²) in [7, 11) is 0.796. The Balaban J connectivity index is 2.50. The molecule has 0 aliphatic rings. The van der Waals surface area contributed by atoms with Crippen LogP contribution in [0.5, 0.6) is 0 Å². The van der Waals surface area contributed by atoms with Crippen molar-refractivity contribution in [2.75, 3.05) is 5.50 Å². The van der Waals surface area contributed by atoms with Gasteiger partial charge < -0.3 is 0 Å². The van der Waals surface area contributed by atoms with Crippen molar-refractivity contribution < 1.29 is 0 Å². The highest BCUT2D eigenvalue weighted by molar-refractivity contribution is 7.20. The van der Waals surface area contributed by atoms with Gasteiger partial charge in [-0.2, -0.15) is 11.3 Å². The molecule has 0 amide bonds. The van der Waals surface area contributed by atoms with Gasteiger partial charge in [0.2, 0.25) is 0 Å². The van der Waals surface area contributed by atoms with Crippen molar-refractivity contribution in [3.63, 3.8) is 0 Å². The first-order valence-electron chi connectivity index (χ1n) is 2.27. The monoisotopic (exact) mass is 160 g/mol. The summed E-state index contributed by atoms with van der Waals surface area (Å²) in [5.74, 6) is 0. The van der Waals surface area contributed by atoms with Crippen LogP contribution in [0.25, 0.3) is 0 Å². The van der Waals surface area contributed by atoms with Crippen molar-refractivity contribution in [3.05, 3.63) is 17.5 Å². The Hall–Kier alpha value is 0.207. The molecule has 0 fully saturated rings. The standard InChI is InChI=1S/C5H5ClSSi/c6-4-8-5-2-1-3-7-5/h1-3H,4H2. The zero-order valence-corrected chi connectivity index (χ0v) is 6.80. The Morgan fingerprint density at radius 1 is 1.75 bits per heavy atom. The molecule has 1 aromatic heterocycles. The molecule has 0 N–H and O–H groups in total. The Bertz CT molecular complexity index is 138. The van der Waals surface area contributed by atoms with Gasteiger partial charge in [-0.05, 0) is 9.88 Å². The Morgan fingerprint density at radius 3 is 3.12 bits per heavy atom. The van der Waals surface area contributed by atoms with E-state index in [2.05, 4.69) is 17.5 Å². The lowest BCUT2D eigenvalue weighted by molar-refractivity contribution is 2.03. The summed E-state index contributed by atoms with van der Waals surface area (Å²) in [5, 5.41) is 2.08. The molecule has 0 nitrogen and oxygen atoms in total. The van der Waals surface area contributed by atoms with Crippen molar-refractivity contribution in [1.82, 2.24) is 0 Å². The van der Waals surface area contributed by atoms with Gasteiger partial charge in [0.1, 0.15) is 9.52 Å². The predicted molar refractivity (Wildman–Crippen MR) is 40.4 cm³/mol. The van der Waals surface area contributed by atoms with Crippen LogP contribution >= 0.6 is 22.9 Å². The average molecular weight is 161 g/mol. The van der Waals surface area contributed by atoms with Crippen LogP contribution in [0, 0.1) is 0 Å². The van der Waals surface area contributed by atoms with E-state index < -0.39 is 0 Å². The average Bonchev–Trinajstić information content (AvgIpc) is 2.19. The number of halogens is 1. The van der Waals surface area contributed by atoms with Crippen molar-refractivity contribution in [2.24, 2.45) is 0 Å². The molecule has 0 aliphatic heterocycles. The molecule has 0 atom stereocenters. The fourth-order valence-corrected chi connectivity index (χ4v) is 2.68. The third-order valence-electron chi connectivity index (χ3n) is 0.762. The van der Waals surface area contributed by atoms with E-state index in [1.165, 1.54) is 4.50 Å². The van der Waals surface area contributed by atoms with E-state index in [0.29, 0.717) is 0 Å². The van der Waals surface area contributed by atoms with Crippen molar-refractivity contribution in [2.45, 2.75) is 0 Å². The van der Waals surface area contributed by atoms with Crippen LogP contribution in [0.4, 0.5) is 0 Å². The molecule has 0 unspecified atom stereocenters. The molecule has 2 radical (unpaired) electrons. The topological polar surface area (TPSA) is 0 Å². The van der Waals surface area contributed by atoms with Crippen LogP contribution in [0.2, 0.25) is 0 Å². The molecule has 0 aliphatic carbocycles. The van der Waals surface area contributed by atoms with Gasteiger partial charge in [-0.25, -0.2) is 0 Å². The molecule has 8 heavy (non-hydrogen) atoms. The third kappa shape index (κ3) is 1.62. The predicted octanol–water partition coefficient (Wildman–Crippen LogP) is 1.27. The zero-order valence-electron chi connectivity index (χ0n) is 4.23. The molecule has 0 saturated heterocycles. The van der Waals surface area contributed by atoms with Crippen LogP contribution in [-0.2, 0) is 0 Å². The second kappa shape index (κ2) is 3.28. The summed E-state index contributed by atoms with van der Waals surface area (Å²) >= 11 is 7.29. The Morgan fingerprint density at radius 2 is 2.62 bits per heavy atom. The number of rotatable bonds is 2. The van der Waals surface area contributed by atoms with Gasteiger partial charge in [0.25, 0.3) is 0 Å². The first kappa shape index (κ1) is 6.33. The van der Waals surface area contributed by atoms with E-state index in [-0.39, 0.29) is 0 Å². The molecule has 0 spiro atoms. The number of alkyl halides is 1. The van der Waals surface area contributed by atoms with Crippen LogP contribution in [0.1, 0.15) is 0 Å². The highest BCUT2D eigenvalue weighted by Gasteiger charge is 1.90. The maximum atomic E-state index is 5.51. The fraction of sp³-hybridized carbons (Fsp3) is 0.200. The van der Waals surface area contributed by atoms with Crippen LogP contribution < -0.4 is 4.50 Å². The fourth-order valence-electron chi connectivity index (χ4n) is 0.445. The molecular formula is C5H5ClSSi. The molecule has 0 bridgehead atoms. The second-order valence-electron chi connectivity index (χ2n) is 1.29. The van der Waals surface area contributed by atoms with Gasteiger partial charge in [-0.15, -0.1) is 11.6 Å². The van der Waals surface area contributed by atoms with Gasteiger partial charge in [0, 0.05) is 5.50 Å². The minimum atomic E-state index is 0.764. The summed E-state index contributed by atoms with van der Waals surface area (Å²) < 4.78 is 1.40. The van der Waals surface area contributed by atoms with Crippen molar-refractivity contribution in [3.8, 4) is 0 Å². The smallest absolute Gasteiger partial charge is 0.113 e. The minimum absolute atomic E-state index is 0.764. The molecule has 0 saturated carbocycles. The molecule has 3 heteroatoms. The minimum Gasteiger partial charge on any atom is -0.154 e. The highest BCUT2D eigenvalue weighted by atomic mass is 35.5.